The fraction of sp³-hybridized carbons (Fsp3) is 0.269. The van der Waals surface area contributed by atoms with Gasteiger partial charge in [0.25, 0.3) is 5.01 Å². The van der Waals surface area contributed by atoms with Gasteiger partial charge in [0, 0.05) is 43.1 Å². The first-order valence-electron chi connectivity index (χ1n) is 11.2. The molecule has 4 rings (SSSR count). The Kier molecular flexibility index (Phi) is 7.12. The topological polar surface area (TPSA) is 64.3 Å². The van der Waals surface area contributed by atoms with Crippen LogP contribution in [0.15, 0.2) is 60.7 Å². The van der Waals surface area contributed by atoms with Crippen LogP contribution in [0.5, 0.6) is 0 Å². The number of hydrogen-bond acceptors (Lipinski definition) is 5. The quantitative estimate of drug-likeness (QED) is 0.241. The molecular weight excluding hydrogens is 452 g/mol. The summed E-state index contributed by atoms with van der Waals surface area (Å²) in [6.07, 6.45) is 4.44. The van der Waals surface area contributed by atoms with Gasteiger partial charge in [-0.25, -0.2) is 8.42 Å². The molecule has 3 aromatic carbocycles. The normalized spacial score (nSPS) is 12.2. The van der Waals surface area contributed by atoms with Gasteiger partial charge in [-0.1, -0.05) is 47.7 Å². The second kappa shape index (κ2) is 10.0. The van der Waals surface area contributed by atoms with Crippen LogP contribution in [0.1, 0.15) is 30.8 Å². The smallest absolute Gasteiger partial charge is 0.262 e. The van der Waals surface area contributed by atoms with E-state index in [4.69, 9.17) is 0 Å². The number of thiazole rings is 1. The number of anilines is 1. The van der Waals surface area contributed by atoms with Gasteiger partial charge in [-0.05, 0) is 54.5 Å². The van der Waals surface area contributed by atoms with Gasteiger partial charge in [-0.2, -0.15) is 4.57 Å². The summed E-state index contributed by atoms with van der Waals surface area (Å²) in [6, 6.07) is 21.0. The second-order valence-electron chi connectivity index (χ2n) is 7.97. The number of fused-ring (bicyclic) bond motifs is 2. The van der Waals surface area contributed by atoms with Crippen molar-refractivity contribution in [2.24, 2.45) is 0 Å². The van der Waals surface area contributed by atoms with Crippen LogP contribution in [-0.4, -0.2) is 31.8 Å². The molecule has 0 amide bonds. The van der Waals surface area contributed by atoms with Gasteiger partial charge in [0.1, 0.15) is 4.70 Å². The zero-order valence-corrected chi connectivity index (χ0v) is 20.5. The van der Waals surface area contributed by atoms with Gasteiger partial charge < -0.3 is 9.45 Å². The van der Waals surface area contributed by atoms with E-state index in [0.717, 1.165) is 39.3 Å². The van der Waals surface area contributed by atoms with Crippen LogP contribution in [0.4, 0.5) is 5.69 Å². The van der Waals surface area contributed by atoms with Crippen molar-refractivity contribution in [2.75, 3.05) is 23.7 Å². The minimum absolute atomic E-state index is 0.286. The van der Waals surface area contributed by atoms with E-state index in [-0.39, 0.29) is 12.2 Å². The first kappa shape index (κ1) is 23.4. The van der Waals surface area contributed by atoms with E-state index >= 15 is 0 Å². The monoisotopic (exact) mass is 480 g/mol. The molecule has 0 aliphatic rings. The van der Waals surface area contributed by atoms with E-state index in [1.807, 2.05) is 12.1 Å². The van der Waals surface area contributed by atoms with E-state index < -0.39 is 10.1 Å². The van der Waals surface area contributed by atoms with Crippen LogP contribution in [0.3, 0.4) is 0 Å². The third-order valence-electron chi connectivity index (χ3n) is 5.81. The highest BCUT2D eigenvalue weighted by Gasteiger charge is 2.19. The molecule has 4 aromatic rings. The summed E-state index contributed by atoms with van der Waals surface area (Å²) in [6.45, 7) is 6.72. The Bertz CT molecular complexity index is 1390. The largest absolute Gasteiger partial charge is 0.748 e. The molecule has 0 spiro atoms. The Hall–Kier alpha value is -2.74. The molecule has 7 heteroatoms. The molecule has 0 aliphatic carbocycles. The highest BCUT2D eigenvalue weighted by molar-refractivity contribution is 7.85. The summed E-state index contributed by atoms with van der Waals surface area (Å²) in [7, 11) is -4.23. The molecule has 1 heterocycles. The van der Waals surface area contributed by atoms with Gasteiger partial charge in [-0.3, -0.25) is 0 Å². The maximum absolute atomic E-state index is 11.1. The molecule has 0 unspecified atom stereocenters. The molecule has 0 fully saturated rings. The van der Waals surface area contributed by atoms with Crippen LogP contribution in [0.25, 0.3) is 33.1 Å². The van der Waals surface area contributed by atoms with E-state index in [0.29, 0.717) is 6.54 Å². The summed E-state index contributed by atoms with van der Waals surface area (Å²) in [5, 5.41) is 3.33. The van der Waals surface area contributed by atoms with Crippen LogP contribution in [-0.2, 0) is 16.7 Å². The van der Waals surface area contributed by atoms with Crippen LogP contribution < -0.4 is 9.47 Å². The third-order valence-corrected chi connectivity index (χ3v) is 7.72. The standard InChI is InChI=1S/C26H28N2O3S2/c1-3-27(4-2)23-13-10-20(11-14-23)12-15-26-28(16-7-17-33(29,30)31)24-18-21-8-5-6-9-22(21)19-25(24)32-26/h5-6,8-15,18-19H,3-4,7,16-17H2,1-2H3. The fourth-order valence-corrected chi connectivity index (χ4v) is 5.70. The fourth-order valence-electron chi connectivity index (χ4n) is 4.09. The van der Waals surface area contributed by atoms with Gasteiger partial charge in [0.15, 0.2) is 6.54 Å². The lowest BCUT2D eigenvalue weighted by Crippen LogP contribution is -2.36. The Balaban J connectivity index is 1.69. The molecule has 0 bridgehead atoms. The maximum atomic E-state index is 11.1. The number of hydrogen-bond donors (Lipinski definition) is 0. The molecule has 5 nitrogen and oxygen atoms in total. The second-order valence-corrected chi connectivity index (χ2v) is 10.6. The molecule has 1 aromatic heterocycles. The lowest BCUT2D eigenvalue weighted by Gasteiger charge is -2.20. The van der Waals surface area contributed by atoms with Gasteiger partial charge >= 0.3 is 0 Å². The lowest BCUT2D eigenvalue weighted by atomic mass is 10.1. The Morgan fingerprint density at radius 3 is 2.27 bits per heavy atom. The summed E-state index contributed by atoms with van der Waals surface area (Å²) in [5.41, 5.74) is 3.36. The van der Waals surface area contributed by atoms with Crippen molar-refractivity contribution in [2.45, 2.75) is 26.8 Å². The third kappa shape index (κ3) is 5.61. The predicted molar refractivity (Wildman–Crippen MR) is 138 cm³/mol. The number of benzene rings is 3. The zero-order valence-electron chi connectivity index (χ0n) is 18.9. The van der Waals surface area contributed by atoms with Crippen molar-refractivity contribution in [1.29, 1.82) is 0 Å². The van der Waals surface area contributed by atoms with Crippen LogP contribution in [0.2, 0.25) is 0 Å². The van der Waals surface area contributed by atoms with E-state index in [9.17, 15) is 13.0 Å². The van der Waals surface area contributed by atoms with Crippen molar-refractivity contribution in [3.05, 3.63) is 71.2 Å². The molecule has 0 radical (unpaired) electrons. The van der Waals surface area contributed by atoms with Gasteiger partial charge in [0.05, 0.1) is 10.1 Å². The van der Waals surface area contributed by atoms with Crippen molar-refractivity contribution in [3.63, 3.8) is 0 Å². The number of nitrogens with zero attached hydrogens (tertiary/aromatic N) is 2. The van der Waals surface area contributed by atoms with E-state index in [2.05, 4.69) is 84.0 Å². The predicted octanol–water partition coefficient (Wildman–Crippen LogP) is 5.29. The minimum atomic E-state index is -4.23. The molecule has 0 saturated carbocycles. The average Bonchev–Trinajstić information content (AvgIpc) is 3.13. The van der Waals surface area contributed by atoms with Crippen molar-refractivity contribution < 1.29 is 17.5 Å². The number of aromatic nitrogens is 1. The first-order chi connectivity index (χ1) is 15.9. The van der Waals surface area contributed by atoms with Crippen molar-refractivity contribution in [1.82, 2.24) is 0 Å². The molecule has 0 saturated heterocycles. The highest BCUT2D eigenvalue weighted by Crippen LogP contribution is 2.28. The molecule has 0 atom stereocenters. The van der Waals surface area contributed by atoms with E-state index in [1.54, 1.807) is 11.3 Å². The Labute approximate surface area is 199 Å². The summed E-state index contributed by atoms with van der Waals surface area (Å²) in [4.78, 5) is 2.31. The van der Waals surface area contributed by atoms with Crippen LogP contribution >= 0.6 is 11.3 Å². The van der Waals surface area contributed by atoms with Gasteiger partial charge in [-0.15, -0.1) is 0 Å². The minimum Gasteiger partial charge on any atom is -0.748 e. The number of rotatable bonds is 9. The Morgan fingerprint density at radius 1 is 0.970 bits per heavy atom. The molecule has 0 N–H and O–H groups in total. The van der Waals surface area contributed by atoms with Gasteiger partial charge in [0.2, 0.25) is 5.52 Å². The molecular formula is C26H28N2O3S2. The Morgan fingerprint density at radius 2 is 1.64 bits per heavy atom. The molecule has 0 aliphatic heterocycles. The first-order valence-corrected chi connectivity index (χ1v) is 13.6. The lowest BCUT2D eigenvalue weighted by molar-refractivity contribution is -0.668. The average molecular weight is 481 g/mol. The molecule has 172 valence electrons. The van der Waals surface area contributed by atoms with Crippen molar-refractivity contribution >= 4 is 60.3 Å². The highest BCUT2D eigenvalue weighted by atomic mass is 32.2. The summed E-state index contributed by atoms with van der Waals surface area (Å²) < 4.78 is 36.7. The van der Waals surface area contributed by atoms with Crippen LogP contribution in [0, 0.1) is 0 Å². The SMILES string of the molecule is CCN(CC)c1ccc(/C=C/c2sc3cc4ccccc4cc3[n+]2CCCS(=O)(=O)[O-])cc1. The molecule has 33 heavy (non-hydrogen) atoms. The summed E-state index contributed by atoms with van der Waals surface area (Å²) in [5.74, 6) is -0.360. The zero-order chi connectivity index (χ0) is 23.4. The maximum Gasteiger partial charge on any atom is 0.262 e. The summed E-state index contributed by atoms with van der Waals surface area (Å²) >= 11 is 1.67. The number of aryl methyl sites for hydroxylation is 1. The van der Waals surface area contributed by atoms with E-state index in [1.165, 1.54) is 11.1 Å². The van der Waals surface area contributed by atoms with Crippen molar-refractivity contribution in [3.8, 4) is 0 Å².